The number of hydrogen-bond donors (Lipinski definition) is 2. The number of aryl methyl sites for hydroxylation is 1. The molecule has 0 aromatic heterocycles. The van der Waals surface area contributed by atoms with Crippen molar-refractivity contribution in [1.82, 2.24) is 0 Å². The van der Waals surface area contributed by atoms with Crippen molar-refractivity contribution in [2.45, 2.75) is 13.8 Å². The Morgan fingerprint density at radius 1 is 1.00 bits per heavy atom. The summed E-state index contributed by atoms with van der Waals surface area (Å²) in [6.45, 7) is 3.85. The van der Waals surface area contributed by atoms with E-state index in [-0.39, 0.29) is 18.1 Å². The first kappa shape index (κ1) is 25.5. The van der Waals surface area contributed by atoms with Crippen molar-refractivity contribution in [3.8, 4) is 17.6 Å². The molecule has 2 N–H and O–H groups in total. The number of halogens is 1. The molecule has 0 atom stereocenters. The van der Waals surface area contributed by atoms with Gasteiger partial charge < -0.3 is 20.1 Å². The summed E-state index contributed by atoms with van der Waals surface area (Å²) in [7, 11) is 0. The lowest BCUT2D eigenvalue weighted by Crippen LogP contribution is -2.20. The number of carbonyl (C=O) groups excluding carboxylic acids is 2. The number of carbonyl (C=O) groups is 2. The molecule has 3 aromatic carbocycles. The van der Waals surface area contributed by atoms with Gasteiger partial charge in [0.05, 0.1) is 11.1 Å². The van der Waals surface area contributed by atoms with Gasteiger partial charge in [0.15, 0.2) is 18.1 Å². The summed E-state index contributed by atoms with van der Waals surface area (Å²) in [6.07, 6.45) is 1.46. The van der Waals surface area contributed by atoms with E-state index in [1.807, 2.05) is 56.3 Å². The normalized spacial score (nSPS) is 10.7. The van der Waals surface area contributed by atoms with Crippen LogP contribution in [-0.2, 0) is 9.59 Å². The lowest BCUT2D eigenvalue weighted by atomic mass is 10.1. The number of hydrogen-bond acceptors (Lipinski definition) is 5. The predicted molar refractivity (Wildman–Crippen MR) is 139 cm³/mol. The molecular formula is C27H24BrN3O4. The Labute approximate surface area is 212 Å². The maximum absolute atomic E-state index is 12.6. The minimum absolute atomic E-state index is 0.0724. The predicted octanol–water partition coefficient (Wildman–Crippen LogP) is 5.72. The Balaban J connectivity index is 1.77. The monoisotopic (exact) mass is 533 g/mol. The van der Waals surface area contributed by atoms with Crippen molar-refractivity contribution in [3.63, 3.8) is 0 Å². The summed E-state index contributed by atoms with van der Waals surface area (Å²) >= 11 is 3.45. The largest absolute Gasteiger partial charge is 0.490 e. The fraction of sp³-hybridized carbons (Fsp3) is 0.148. The quantitative estimate of drug-likeness (QED) is 0.270. The molecule has 0 aliphatic heterocycles. The second-order valence-corrected chi connectivity index (χ2v) is 8.31. The Morgan fingerprint density at radius 3 is 2.43 bits per heavy atom. The molecule has 0 heterocycles. The molecule has 178 valence electrons. The third kappa shape index (κ3) is 7.45. The van der Waals surface area contributed by atoms with E-state index in [4.69, 9.17) is 9.47 Å². The third-order valence-electron chi connectivity index (χ3n) is 4.69. The van der Waals surface area contributed by atoms with E-state index in [2.05, 4.69) is 26.6 Å². The van der Waals surface area contributed by atoms with Crippen LogP contribution in [0.1, 0.15) is 18.1 Å². The van der Waals surface area contributed by atoms with Crippen LogP contribution in [0.4, 0.5) is 11.4 Å². The molecule has 0 unspecified atom stereocenters. The number of anilines is 2. The second-order valence-electron chi connectivity index (χ2n) is 7.46. The molecule has 2 amide bonds. The minimum atomic E-state index is -0.523. The van der Waals surface area contributed by atoms with E-state index in [1.165, 1.54) is 6.08 Å². The topological polar surface area (TPSA) is 100 Å². The molecule has 3 aromatic rings. The van der Waals surface area contributed by atoms with Crippen LogP contribution in [0.15, 0.2) is 76.8 Å². The van der Waals surface area contributed by atoms with Gasteiger partial charge in [-0.05, 0) is 83.4 Å². The van der Waals surface area contributed by atoms with E-state index in [1.54, 1.807) is 30.3 Å². The summed E-state index contributed by atoms with van der Waals surface area (Å²) in [4.78, 5) is 24.9. The molecule has 8 heteroatoms. The lowest BCUT2D eigenvalue weighted by molar-refractivity contribution is -0.118. The zero-order valence-corrected chi connectivity index (χ0v) is 20.9. The Hall–Kier alpha value is -4.09. The van der Waals surface area contributed by atoms with Crippen molar-refractivity contribution in [2.75, 3.05) is 23.8 Å². The first-order valence-electron chi connectivity index (χ1n) is 10.8. The molecule has 0 spiro atoms. The van der Waals surface area contributed by atoms with Gasteiger partial charge in [0.1, 0.15) is 11.6 Å². The Morgan fingerprint density at radius 2 is 1.74 bits per heavy atom. The van der Waals surface area contributed by atoms with Gasteiger partial charge in [-0.3, -0.25) is 9.59 Å². The molecule has 3 rings (SSSR count). The molecule has 0 aliphatic carbocycles. The fourth-order valence-corrected chi connectivity index (χ4v) is 3.74. The lowest BCUT2D eigenvalue weighted by Gasteiger charge is -2.15. The zero-order valence-electron chi connectivity index (χ0n) is 19.3. The van der Waals surface area contributed by atoms with E-state index >= 15 is 0 Å². The van der Waals surface area contributed by atoms with Crippen LogP contribution in [0.25, 0.3) is 6.08 Å². The van der Waals surface area contributed by atoms with Crippen LogP contribution in [0.3, 0.4) is 0 Å². The summed E-state index contributed by atoms with van der Waals surface area (Å²) in [6, 6.07) is 21.7. The van der Waals surface area contributed by atoms with Crippen LogP contribution in [0.2, 0.25) is 0 Å². The van der Waals surface area contributed by atoms with Gasteiger partial charge in [-0.15, -0.1) is 0 Å². The SMILES string of the molecule is CCOc1cc(/C=C(\C#N)C(=O)Nc2cccc(C)c2)cc(Br)c1OCC(=O)Nc1ccccc1. The molecule has 35 heavy (non-hydrogen) atoms. The number of nitriles is 1. The number of para-hydroxylation sites is 1. The molecule has 0 radical (unpaired) electrons. The van der Waals surface area contributed by atoms with E-state index in [0.717, 1.165) is 5.56 Å². The summed E-state index contributed by atoms with van der Waals surface area (Å²) in [5.41, 5.74) is 2.74. The van der Waals surface area contributed by atoms with E-state index < -0.39 is 5.91 Å². The minimum Gasteiger partial charge on any atom is -0.490 e. The number of benzene rings is 3. The van der Waals surface area contributed by atoms with E-state index in [0.29, 0.717) is 39.5 Å². The van der Waals surface area contributed by atoms with Gasteiger partial charge in [-0.2, -0.15) is 5.26 Å². The molecule has 0 aliphatic rings. The van der Waals surface area contributed by atoms with Crippen LogP contribution < -0.4 is 20.1 Å². The number of amides is 2. The first-order valence-corrected chi connectivity index (χ1v) is 11.6. The summed E-state index contributed by atoms with van der Waals surface area (Å²) < 4.78 is 11.9. The fourth-order valence-electron chi connectivity index (χ4n) is 3.17. The van der Waals surface area contributed by atoms with Gasteiger partial charge in [-0.1, -0.05) is 30.3 Å². The maximum atomic E-state index is 12.6. The van der Waals surface area contributed by atoms with Gasteiger partial charge >= 0.3 is 0 Å². The van der Waals surface area contributed by atoms with Crippen molar-refractivity contribution in [1.29, 1.82) is 5.26 Å². The van der Waals surface area contributed by atoms with Gasteiger partial charge in [0.25, 0.3) is 11.8 Å². The Kier molecular flexibility index (Phi) is 9.04. The molecule has 0 fully saturated rings. The highest BCUT2D eigenvalue weighted by molar-refractivity contribution is 9.10. The molecule has 0 saturated carbocycles. The summed E-state index contributed by atoms with van der Waals surface area (Å²) in [5, 5.41) is 15.0. The van der Waals surface area contributed by atoms with Crippen LogP contribution in [0, 0.1) is 18.3 Å². The van der Waals surface area contributed by atoms with Gasteiger partial charge in [0.2, 0.25) is 0 Å². The van der Waals surface area contributed by atoms with Crippen molar-refractivity contribution >= 4 is 45.2 Å². The average Bonchev–Trinajstić information content (AvgIpc) is 2.82. The maximum Gasteiger partial charge on any atom is 0.266 e. The highest BCUT2D eigenvalue weighted by atomic mass is 79.9. The smallest absolute Gasteiger partial charge is 0.266 e. The standard InChI is InChI=1S/C27H24BrN3O4/c1-3-34-24-15-19(13-20(16-29)27(33)31-22-11-7-8-18(2)12-22)14-23(28)26(24)35-17-25(32)30-21-9-5-4-6-10-21/h4-15H,3,17H2,1-2H3,(H,30,32)(H,31,33)/b20-13+. The number of rotatable bonds is 9. The van der Waals surface area contributed by atoms with Crippen molar-refractivity contribution < 1.29 is 19.1 Å². The number of nitrogens with one attached hydrogen (secondary N) is 2. The van der Waals surface area contributed by atoms with Crippen molar-refractivity contribution in [3.05, 3.63) is 87.9 Å². The number of ether oxygens (including phenoxy) is 2. The van der Waals surface area contributed by atoms with Gasteiger partial charge in [0, 0.05) is 11.4 Å². The first-order chi connectivity index (χ1) is 16.9. The van der Waals surface area contributed by atoms with Crippen molar-refractivity contribution in [2.24, 2.45) is 0 Å². The number of nitrogens with zero attached hydrogens (tertiary/aromatic N) is 1. The highest BCUT2D eigenvalue weighted by Gasteiger charge is 2.16. The summed E-state index contributed by atoms with van der Waals surface area (Å²) in [5.74, 6) is -0.133. The van der Waals surface area contributed by atoms with Crippen LogP contribution >= 0.6 is 15.9 Å². The van der Waals surface area contributed by atoms with Gasteiger partial charge in [-0.25, -0.2) is 0 Å². The molecular weight excluding hydrogens is 510 g/mol. The highest BCUT2D eigenvalue weighted by Crippen LogP contribution is 2.37. The second kappa shape index (κ2) is 12.4. The van der Waals surface area contributed by atoms with Crippen LogP contribution in [0.5, 0.6) is 11.5 Å². The third-order valence-corrected chi connectivity index (χ3v) is 5.28. The molecule has 0 bridgehead atoms. The Bertz CT molecular complexity index is 1280. The molecule has 0 saturated heterocycles. The van der Waals surface area contributed by atoms with E-state index in [9.17, 15) is 14.9 Å². The molecule has 7 nitrogen and oxygen atoms in total. The van der Waals surface area contributed by atoms with Crippen LogP contribution in [-0.4, -0.2) is 25.0 Å². The zero-order chi connectivity index (χ0) is 25.2. The average molecular weight is 534 g/mol.